The van der Waals surface area contributed by atoms with Crippen molar-refractivity contribution in [2.45, 2.75) is 12.5 Å². The molecular weight excluding hydrogens is 394 g/mol. The van der Waals surface area contributed by atoms with Crippen LogP contribution in [0.4, 0.5) is 8.78 Å². The van der Waals surface area contributed by atoms with Crippen molar-refractivity contribution in [3.63, 3.8) is 0 Å². The van der Waals surface area contributed by atoms with Gasteiger partial charge in [-0.1, -0.05) is 44.0 Å². The molecule has 1 atom stereocenters. The van der Waals surface area contributed by atoms with Crippen molar-refractivity contribution in [1.29, 1.82) is 0 Å². The maximum atomic E-state index is 13.7. The van der Waals surface area contributed by atoms with Crippen LogP contribution in [0.2, 0.25) is 0 Å². The molecule has 2 aromatic carbocycles. The summed E-state index contributed by atoms with van der Waals surface area (Å²) in [6.45, 7) is 0. The third-order valence-electron chi connectivity index (χ3n) is 2.94. The Labute approximate surface area is 132 Å². The van der Waals surface area contributed by atoms with Gasteiger partial charge in [-0.05, 0) is 41.8 Å². The van der Waals surface area contributed by atoms with Crippen LogP contribution in [-0.4, -0.2) is 0 Å². The minimum Gasteiger partial charge on any atom is -0.271 e. The summed E-state index contributed by atoms with van der Waals surface area (Å²) in [6, 6.07) is 9.46. The van der Waals surface area contributed by atoms with Crippen molar-refractivity contribution in [1.82, 2.24) is 5.43 Å². The monoisotopic (exact) mass is 404 g/mol. The first-order valence-corrected chi connectivity index (χ1v) is 7.45. The Kier molecular flexibility index (Phi) is 5.26. The molecular formula is C14H12Br2F2N2. The van der Waals surface area contributed by atoms with Crippen LogP contribution in [-0.2, 0) is 6.42 Å². The summed E-state index contributed by atoms with van der Waals surface area (Å²) >= 11 is 6.78. The lowest BCUT2D eigenvalue weighted by atomic mass is 9.99. The summed E-state index contributed by atoms with van der Waals surface area (Å²) in [5.74, 6) is 3.86. The van der Waals surface area contributed by atoms with Gasteiger partial charge in [0.05, 0.1) is 6.04 Å². The predicted molar refractivity (Wildman–Crippen MR) is 82.0 cm³/mol. The summed E-state index contributed by atoms with van der Waals surface area (Å²) < 4.78 is 28.7. The zero-order chi connectivity index (χ0) is 14.7. The molecule has 0 spiro atoms. The van der Waals surface area contributed by atoms with E-state index < -0.39 is 11.6 Å². The third kappa shape index (κ3) is 3.63. The van der Waals surface area contributed by atoms with Crippen molar-refractivity contribution in [2.24, 2.45) is 5.84 Å². The second kappa shape index (κ2) is 6.76. The first kappa shape index (κ1) is 15.6. The van der Waals surface area contributed by atoms with Crippen molar-refractivity contribution < 1.29 is 8.78 Å². The van der Waals surface area contributed by atoms with Crippen LogP contribution in [0.25, 0.3) is 0 Å². The van der Waals surface area contributed by atoms with Gasteiger partial charge in [0.15, 0.2) is 11.6 Å². The Morgan fingerprint density at radius 3 is 2.35 bits per heavy atom. The van der Waals surface area contributed by atoms with Gasteiger partial charge in [-0.15, -0.1) is 0 Å². The van der Waals surface area contributed by atoms with Crippen LogP contribution >= 0.6 is 31.9 Å². The number of hydrazine groups is 1. The fraction of sp³-hybridized carbons (Fsp3) is 0.143. The minimum atomic E-state index is -0.853. The van der Waals surface area contributed by atoms with E-state index in [-0.39, 0.29) is 18.0 Å². The second-order valence-corrected chi connectivity index (χ2v) is 6.17. The quantitative estimate of drug-likeness (QED) is 0.589. The van der Waals surface area contributed by atoms with Gasteiger partial charge in [-0.3, -0.25) is 11.3 Å². The summed E-state index contributed by atoms with van der Waals surface area (Å²) in [6.07, 6.45) is 0.253. The molecule has 0 aliphatic carbocycles. The highest BCUT2D eigenvalue weighted by Crippen LogP contribution is 2.27. The van der Waals surface area contributed by atoms with Crippen LogP contribution in [0, 0.1) is 11.6 Å². The van der Waals surface area contributed by atoms with E-state index in [1.165, 1.54) is 6.07 Å². The van der Waals surface area contributed by atoms with Gasteiger partial charge in [-0.25, -0.2) is 8.78 Å². The van der Waals surface area contributed by atoms with Crippen molar-refractivity contribution in [3.8, 4) is 0 Å². The fourth-order valence-corrected chi connectivity index (χ4v) is 3.30. The van der Waals surface area contributed by atoms with Gasteiger partial charge < -0.3 is 0 Å². The van der Waals surface area contributed by atoms with E-state index in [0.717, 1.165) is 20.6 Å². The Morgan fingerprint density at radius 2 is 1.75 bits per heavy atom. The van der Waals surface area contributed by atoms with Gasteiger partial charge in [-0.2, -0.15) is 0 Å². The van der Waals surface area contributed by atoms with E-state index in [0.29, 0.717) is 0 Å². The Balaban J connectivity index is 2.31. The summed E-state index contributed by atoms with van der Waals surface area (Å²) in [5.41, 5.74) is 3.79. The van der Waals surface area contributed by atoms with Crippen molar-refractivity contribution in [2.75, 3.05) is 0 Å². The Hall–Kier alpha value is -0.820. The molecule has 2 rings (SSSR count). The summed E-state index contributed by atoms with van der Waals surface area (Å²) in [4.78, 5) is 0. The average molecular weight is 406 g/mol. The van der Waals surface area contributed by atoms with E-state index in [1.807, 2.05) is 18.2 Å². The molecule has 2 nitrogen and oxygen atoms in total. The molecule has 20 heavy (non-hydrogen) atoms. The molecule has 0 radical (unpaired) electrons. The number of halogens is 4. The lowest BCUT2D eigenvalue weighted by molar-refractivity contribution is 0.481. The highest BCUT2D eigenvalue weighted by Gasteiger charge is 2.16. The average Bonchev–Trinajstić information content (AvgIpc) is 2.39. The number of benzene rings is 2. The molecule has 1 unspecified atom stereocenters. The highest BCUT2D eigenvalue weighted by atomic mass is 79.9. The maximum absolute atomic E-state index is 13.7. The third-order valence-corrected chi connectivity index (χ3v) is 3.86. The van der Waals surface area contributed by atoms with Crippen molar-refractivity contribution >= 4 is 31.9 Å². The normalized spacial score (nSPS) is 12.4. The van der Waals surface area contributed by atoms with E-state index in [1.54, 1.807) is 6.07 Å². The molecule has 0 fully saturated rings. The second-order valence-electron chi connectivity index (χ2n) is 4.34. The number of nitrogens with one attached hydrogen (secondary N) is 1. The lowest BCUT2D eigenvalue weighted by Gasteiger charge is -2.17. The molecule has 0 bridgehead atoms. The predicted octanol–water partition coefficient (Wildman–Crippen LogP) is 4.24. The number of hydrogen-bond acceptors (Lipinski definition) is 2. The zero-order valence-corrected chi connectivity index (χ0v) is 13.5. The molecule has 2 aromatic rings. The molecule has 0 amide bonds. The van der Waals surface area contributed by atoms with Gasteiger partial charge in [0.25, 0.3) is 0 Å². The van der Waals surface area contributed by atoms with Crippen LogP contribution in [0.5, 0.6) is 0 Å². The number of hydrogen-bond donors (Lipinski definition) is 2. The zero-order valence-electron chi connectivity index (χ0n) is 10.3. The molecule has 106 valence electrons. The molecule has 0 heterocycles. The van der Waals surface area contributed by atoms with E-state index in [2.05, 4.69) is 37.3 Å². The smallest absolute Gasteiger partial charge is 0.162 e. The van der Waals surface area contributed by atoms with Gasteiger partial charge in [0, 0.05) is 8.95 Å². The molecule has 0 saturated carbocycles. The largest absolute Gasteiger partial charge is 0.271 e. The first-order valence-electron chi connectivity index (χ1n) is 5.86. The number of nitrogens with two attached hydrogens (primary N) is 1. The van der Waals surface area contributed by atoms with Crippen LogP contribution in [0.1, 0.15) is 17.2 Å². The summed E-state index contributed by atoms with van der Waals surface area (Å²) in [7, 11) is 0. The SMILES string of the molecule is NNC(Cc1cccc(F)c1F)c1cc(Br)cc(Br)c1. The summed E-state index contributed by atoms with van der Waals surface area (Å²) in [5, 5.41) is 0. The molecule has 0 aliphatic heterocycles. The Bertz CT molecular complexity index is 600. The molecule has 3 N–H and O–H groups in total. The maximum Gasteiger partial charge on any atom is 0.162 e. The molecule has 0 aromatic heterocycles. The molecule has 0 aliphatic rings. The first-order chi connectivity index (χ1) is 9.51. The highest BCUT2D eigenvalue weighted by molar-refractivity contribution is 9.11. The topological polar surface area (TPSA) is 38.0 Å². The minimum absolute atomic E-state index is 0.253. The number of rotatable bonds is 4. The van der Waals surface area contributed by atoms with Gasteiger partial charge in [0.2, 0.25) is 0 Å². The Morgan fingerprint density at radius 1 is 1.10 bits per heavy atom. The fourth-order valence-electron chi connectivity index (χ4n) is 1.98. The van der Waals surface area contributed by atoms with Crippen LogP contribution in [0.15, 0.2) is 45.3 Å². The lowest BCUT2D eigenvalue weighted by Crippen LogP contribution is -2.30. The molecule has 6 heteroatoms. The van der Waals surface area contributed by atoms with E-state index in [4.69, 9.17) is 5.84 Å². The van der Waals surface area contributed by atoms with Gasteiger partial charge in [0.1, 0.15) is 0 Å². The standard InChI is InChI=1S/C14H12Br2F2N2/c15-10-4-9(5-11(16)7-10)13(20-19)6-8-2-1-3-12(17)14(8)18/h1-5,7,13,20H,6,19H2. The van der Waals surface area contributed by atoms with Crippen molar-refractivity contribution in [3.05, 3.63) is 68.1 Å². The van der Waals surface area contributed by atoms with E-state index >= 15 is 0 Å². The van der Waals surface area contributed by atoms with Crippen LogP contribution < -0.4 is 11.3 Å². The van der Waals surface area contributed by atoms with Gasteiger partial charge >= 0.3 is 0 Å². The van der Waals surface area contributed by atoms with E-state index in [9.17, 15) is 8.78 Å². The molecule has 0 saturated heterocycles. The van der Waals surface area contributed by atoms with Crippen LogP contribution in [0.3, 0.4) is 0 Å².